The van der Waals surface area contributed by atoms with Crippen molar-refractivity contribution in [1.82, 2.24) is 4.57 Å². The SMILES string of the molecule is C/C=C(/c1ccc(N(c2ccc(-c3ccc4c(c3)c3ccccc3n4-c3ccc4ccccc4c3)cc2)c2ccc3ccccc3c2)cc1)c1oc2ccccc2c1C. The molecule has 11 rings (SSSR count). The van der Waals surface area contributed by atoms with Gasteiger partial charge < -0.3 is 13.9 Å². The van der Waals surface area contributed by atoms with Crippen LogP contribution in [0.2, 0.25) is 0 Å². The molecule has 0 atom stereocenters. The van der Waals surface area contributed by atoms with Gasteiger partial charge in [-0.15, -0.1) is 0 Å². The van der Waals surface area contributed by atoms with Crippen molar-refractivity contribution in [3.63, 3.8) is 0 Å². The fourth-order valence-electron chi connectivity index (χ4n) is 8.96. The van der Waals surface area contributed by atoms with Crippen LogP contribution in [0.3, 0.4) is 0 Å². The predicted molar refractivity (Wildman–Crippen MR) is 250 cm³/mol. The van der Waals surface area contributed by atoms with Crippen molar-refractivity contribution in [3.8, 4) is 16.8 Å². The van der Waals surface area contributed by atoms with E-state index in [-0.39, 0.29) is 0 Å². The summed E-state index contributed by atoms with van der Waals surface area (Å²) in [6.45, 7) is 4.23. The molecule has 11 aromatic rings. The lowest BCUT2D eigenvalue weighted by Gasteiger charge is -2.26. The largest absolute Gasteiger partial charge is 0.456 e. The Kier molecular flexibility index (Phi) is 8.27. The van der Waals surface area contributed by atoms with E-state index >= 15 is 0 Å². The second-order valence-electron chi connectivity index (χ2n) is 15.3. The molecule has 2 heterocycles. The highest BCUT2D eigenvalue weighted by molar-refractivity contribution is 6.10. The fraction of sp³-hybridized carbons (Fsp3) is 0.0357. The highest BCUT2D eigenvalue weighted by Crippen LogP contribution is 2.41. The maximum Gasteiger partial charge on any atom is 0.138 e. The number of para-hydroxylation sites is 2. The molecule has 3 heteroatoms. The summed E-state index contributed by atoms with van der Waals surface area (Å²) in [5.74, 6) is 0.917. The number of benzene rings is 9. The van der Waals surface area contributed by atoms with E-state index in [2.05, 4.69) is 217 Å². The third-order valence-corrected chi connectivity index (χ3v) is 11.9. The molecule has 0 radical (unpaired) electrons. The van der Waals surface area contributed by atoms with Crippen molar-refractivity contribution in [1.29, 1.82) is 0 Å². The summed E-state index contributed by atoms with van der Waals surface area (Å²) < 4.78 is 8.81. The standard InChI is InChI=1S/C56H40N2O/c1-3-49(56-37(2)50-16-9-11-19-55(50)59-56)41-24-29-46(30-25-41)57(47-31-22-38-12-4-6-14-42(38)34-47)45-27-20-40(21-28-45)44-26-33-54-52(36-44)51-17-8-10-18-53(51)58(54)48-32-23-39-13-5-7-15-43(39)35-48/h3-36H,1-2H3/b49-3-. The minimum atomic E-state index is 0.912. The molecule has 59 heavy (non-hydrogen) atoms. The lowest BCUT2D eigenvalue weighted by molar-refractivity contribution is 0.597. The Morgan fingerprint density at radius 3 is 1.78 bits per heavy atom. The van der Waals surface area contributed by atoms with E-state index in [0.717, 1.165) is 50.5 Å². The highest BCUT2D eigenvalue weighted by Gasteiger charge is 2.19. The maximum absolute atomic E-state index is 6.41. The van der Waals surface area contributed by atoms with Gasteiger partial charge >= 0.3 is 0 Å². The fourth-order valence-corrected chi connectivity index (χ4v) is 8.96. The highest BCUT2D eigenvalue weighted by atomic mass is 16.3. The molecule has 0 bridgehead atoms. The molecule has 0 aliphatic heterocycles. The van der Waals surface area contributed by atoms with E-state index in [1.165, 1.54) is 60.2 Å². The Morgan fingerprint density at radius 2 is 1.05 bits per heavy atom. The van der Waals surface area contributed by atoms with Gasteiger partial charge in [-0.05, 0) is 125 Å². The monoisotopic (exact) mass is 756 g/mol. The van der Waals surface area contributed by atoms with Crippen LogP contribution in [0.4, 0.5) is 17.1 Å². The Balaban J connectivity index is 0.977. The number of furan rings is 1. The van der Waals surface area contributed by atoms with Gasteiger partial charge in [-0.1, -0.05) is 133 Å². The van der Waals surface area contributed by atoms with Crippen LogP contribution in [0.15, 0.2) is 211 Å². The minimum Gasteiger partial charge on any atom is -0.456 e. The van der Waals surface area contributed by atoms with Crippen molar-refractivity contribution in [2.75, 3.05) is 4.90 Å². The van der Waals surface area contributed by atoms with Gasteiger partial charge in [0.05, 0.1) is 11.0 Å². The first-order chi connectivity index (χ1) is 29.1. The van der Waals surface area contributed by atoms with Crippen molar-refractivity contribution in [2.24, 2.45) is 0 Å². The van der Waals surface area contributed by atoms with Gasteiger partial charge in [0.15, 0.2) is 0 Å². The molecule has 280 valence electrons. The first-order valence-corrected chi connectivity index (χ1v) is 20.3. The van der Waals surface area contributed by atoms with Gasteiger partial charge in [0.1, 0.15) is 11.3 Å². The molecule has 0 amide bonds. The second kappa shape index (κ2) is 14.1. The molecule has 0 unspecified atom stereocenters. The number of hydrogen-bond acceptors (Lipinski definition) is 2. The van der Waals surface area contributed by atoms with Crippen molar-refractivity contribution in [3.05, 3.63) is 223 Å². The van der Waals surface area contributed by atoms with Crippen molar-refractivity contribution >= 4 is 77.0 Å². The van der Waals surface area contributed by atoms with E-state index < -0.39 is 0 Å². The summed E-state index contributed by atoms with van der Waals surface area (Å²) in [6.07, 6.45) is 2.15. The second-order valence-corrected chi connectivity index (χ2v) is 15.3. The molecular formula is C56H40N2O. The zero-order valence-corrected chi connectivity index (χ0v) is 32.9. The van der Waals surface area contributed by atoms with Crippen LogP contribution >= 0.6 is 0 Å². The Morgan fingerprint density at radius 1 is 0.475 bits per heavy atom. The molecule has 0 aliphatic carbocycles. The summed E-state index contributed by atoms with van der Waals surface area (Å²) in [6, 6.07) is 72.4. The van der Waals surface area contributed by atoms with Crippen molar-refractivity contribution < 1.29 is 4.42 Å². The predicted octanol–water partition coefficient (Wildman–Crippen LogP) is 15.7. The Hall–Kier alpha value is -7.62. The molecule has 0 saturated carbocycles. The number of nitrogens with zero attached hydrogens (tertiary/aromatic N) is 2. The number of aromatic nitrogens is 1. The average Bonchev–Trinajstić information content (AvgIpc) is 3.81. The summed E-state index contributed by atoms with van der Waals surface area (Å²) in [7, 11) is 0. The van der Waals surface area contributed by atoms with Crippen LogP contribution in [0.25, 0.3) is 76.7 Å². The van der Waals surface area contributed by atoms with E-state index in [1.807, 2.05) is 12.1 Å². The number of hydrogen-bond donors (Lipinski definition) is 0. The summed E-state index contributed by atoms with van der Waals surface area (Å²) in [4.78, 5) is 2.35. The lowest BCUT2D eigenvalue weighted by Crippen LogP contribution is -2.10. The number of aryl methyl sites for hydroxylation is 1. The number of allylic oxidation sites excluding steroid dienone is 1. The number of fused-ring (bicyclic) bond motifs is 6. The average molecular weight is 757 g/mol. The molecule has 3 nitrogen and oxygen atoms in total. The minimum absolute atomic E-state index is 0.912. The van der Waals surface area contributed by atoms with Gasteiger partial charge in [0, 0.05) is 50.0 Å². The Bertz CT molecular complexity index is 3400. The van der Waals surface area contributed by atoms with Crippen LogP contribution in [0, 0.1) is 6.92 Å². The van der Waals surface area contributed by atoms with Gasteiger partial charge in [-0.2, -0.15) is 0 Å². The summed E-state index contributed by atoms with van der Waals surface area (Å²) in [5, 5.41) is 8.55. The first kappa shape index (κ1) is 34.6. The zero-order valence-electron chi connectivity index (χ0n) is 32.9. The van der Waals surface area contributed by atoms with Crippen LogP contribution in [0.1, 0.15) is 23.8 Å². The van der Waals surface area contributed by atoms with Crippen LogP contribution in [-0.2, 0) is 0 Å². The molecular weight excluding hydrogens is 717 g/mol. The molecule has 0 aliphatic rings. The number of rotatable bonds is 7. The first-order valence-electron chi connectivity index (χ1n) is 20.3. The van der Waals surface area contributed by atoms with Crippen LogP contribution < -0.4 is 4.90 Å². The lowest BCUT2D eigenvalue weighted by atomic mass is 9.99. The van der Waals surface area contributed by atoms with Gasteiger partial charge in [-0.25, -0.2) is 0 Å². The quantitative estimate of drug-likeness (QED) is 0.161. The molecule has 0 spiro atoms. The van der Waals surface area contributed by atoms with Gasteiger partial charge in [0.2, 0.25) is 0 Å². The molecule has 9 aromatic carbocycles. The van der Waals surface area contributed by atoms with Crippen LogP contribution in [0.5, 0.6) is 0 Å². The maximum atomic E-state index is 6.41. The molecule has 0 fully saturated rings. The van der Waals surface area contributed by atoms with E-state index in [0.29, 0.717) is 0 Å². The number of anilines is 3. The summed E-state index contributed by atoms with van der Waals surface area (Å²) in [5.41, 5.74) is 13.5. The van der Waals surface area contributed by atoms with Crippen LogP contribution in [-0.4, -0.2) is 4.57 Å². The third kappa shape index (κ3) is 5.90. The smallest absolute Gasteiger partial charge is 0.138 e. The molecule has 0 saturated heterocycles. The van der Waals surface area contributed by atoms with E-state index in [9.17, 15) is 0 Å². The van der Waals surface area contributed by atoms with E-state index in [1.54, 1.807) is 0 Å². The van der Waals surface area contributed by atoms with Gasteiger partial charge in [-0.3, -0.25) is 0 Å². The Labute approximate surface area is 343 Å². The van der Waals surface area contributed by atoms with Crippen molar-refractivity contribution in [2.45, 2.75) is 13.8 Å². The van der Waals surface area contributed by atoms with Gasteiger partial charge in [0.25, 0.3) is 0 Å². The normalized spacial score (nSPS) is 12.0. The third-order valence-electron chi connectivity index (χ3n) is 11.9. The molecule has 0 N–H and O–H groups in total. The molecule has 2 aromatic heterocycles. The summed E-state index contributed by atoms with van der Waals surface area (Å²) >= 11 is 0. The zero-order chi connectivity index (χ0) is 39.5. The van der Waals surface area contributed by atoms with E-state index in [4.69, 9.17) is 4.42 Å². The topological polar surface area (TPSA) is 21.3 Å².